The molecule has 0 aliphatic rings. The normalized spacial score (nSPS) is 13.2. The quantitative estimate of drug-likeness (QED) is 0.815. The van der Waals surface area contributed by atoms with Gasteiger partial charge in [-0.1, -0.05) is 20.8 Å². The Hall–Kier alpha value is -1.56. The van der Waals surface area contributed by atoms with Gasteiger partial charge in [0.1, 0.15) is 0 Å². The molecule has 1 heterocycles. The topological polar surface area (TPSA) is 82.2 Å². The molecule has 0 saturated heterocycles. The van der Waals surface area contributed by atoms with Gasteiger partial charge in [0.25, 0.3) is 0 Å². The second kappa shape index (κ2) is 5.39. The molecule has 0 saturated carbocycles. The number of carbonyl (C=O) groups is 1. The van der Waals surface area contributed by atoms with E-state index in [0.717, 1.165) is 5.69 Å². The minimum Gasteiger partial charge on any atom is -0.481 e. The third kappa shape index (κ3) is 3.46. The molecule has 0 aromatic carbocycles. The fraction of sp³-hybridized carbons (Fsp3) is 0.667. The van der Waals surface area contributed by atoms with Crippen LogP contribution in [0.3, 0.4) is 0 Å². The van der Waals surface area contributed by atoms with Crippen molar-refractivity contribution >= 4 is 5.91 Å². The minimum atomic E-state index is -0.539. The lowest BCUT2D eigenvalue weighted by molar-refractivity contribution is -0.124. The zero-order valence-corrected chi connectivity index (χ0v) is 11.7. The molecule has 0 aliphatic heterocycles. The number of ether oxygens (including phenoxy) is 1. The minimum absolute atomic E-state index is 0.174. The maximum absolute atomic E-state index is 11.8. The third-order valence-corrected chi connectivity index (χ3v) is 2.76. The first-order valence-corrected chi connectivity index (χ1v) is 5.86. The van der Waals surface area contributed by atoms with Crippen LogP contribution in [0.1, 0.15) is 26.5 Å². The summed E-state index contributed by atoms with van der Waals surface area (Å²) < 4.78 is 6.71. The van der Waals surface area contributed by atoms with Crippen LogP contribution in [-0.2, 0) is 18.4 Å². The van der Waals surface area contributed by atoms with Crippen molar-refractivity contribution in [2.45, 2.75) is 33.4 Å². The van der Waals surface area contributed by atoms with E-state index >= 15 is 0 Å². The highest BCUT2D eigenvalue weighted by atomic mass is 16.5. The van der Waals surface area contributed by atoms with Gasteiger partial charge in [0.05, 0.1) is 25.4 Å². The van der Waals surface area contributed by atoms with Crippen LogP contribution < -0.4 is 15.8 Å². The number of nitrogens with two attached hydrogens (primary N) is 1. The fourth-order valence-corrected chi connectivity index (χ4v) is 1.47. The number of hydrogen-bond donors (Lipinski definition) is 2. The van der Waals surface area contributed by atoms with E-state index in [9.17, 15) is 4.79 Å². The van der Waals surface area contributed by atoms with Gasteiger partial charge in [0.15, 0.2) is 0 Å². The van der Waals surface area contributed by atoms with E-state index in [-0.39, 0.29) is 11.3 Å². The van der Waals surface area contributed by atoms with Crippen molar-refractivity contribution in [2.24, 2.45) is 18.2 Å². The van der Waals surface area contributed by atoms with Crippen LogP contribution in [0.2, 0.25) is 0 Å². The maximum Gasteiger partial charge on any atom is 0.237 e. The average molecular weight is 254 g/mol. The smallest absolute Gasteiger partial charge is 0.237 e. The van der Waals surface area contributed by atoms with E-state index in [2.05, 4.69) is 10.4 Å². The summed E-state index contributed by atoms with van der Waals surface area (Å²) >= 11 is 0. The second-order valence-electron chi connectivity index (χ2n) is 5.36. The number of nitrogens with zero attached hydrogens (tertiary/aromatic N) is 2. The number of aromatic nitrogens is 2. The van der Waals surface area contributed by atoms with Crippen molar-refractivity contribution in [2.75, 3.05) is 7.11 Å². The van der Waals surface area contributed by atoms with E-state index in [1.807, 2.05) is 20.8 Å². The molecular weight excluding hydrogens is 232 g/mol. The van der Waals surface area contributed by atoms with E-state index < -0.39 is 6.04 Å². The number of amides is 1. The number of methoxy groups -OCH3 is 1. The molecule has 1 aromatic heterocycles. The first-order chi connectivity index (χ1) is 8.25. The maximum atomic E-state index is 11.8. The van der Waals surface area contributed by atoms with Crippen LogP contribution in [0.25, 0.3) is 0 Å². The molecule has 0 aliphatic carbocycles. The van der Waals surface area contributed by atoms with Crippen LogP contribution in [0.4, 0.5) is 0 Å². The van der Waals surface area contributed by atoms with Gasteiger partial charge in [-0.05, 0) is 5.41 Å². The fourth-order valence-electron chi connectivity index (χ4n) is 1.47. The molecule has 0 spiro atoms. The van der Waals surface area contributed by atoms with Gasteiger partial charge in [0.2, 0.25) is 11.8 Å². The molecule has 0 radical (unpaired) electrons. The summed E-state index contributed by atoms with van der Waals surface area (Å²) in [5.41, 5.74) is 6.34. The Balaban J connectivity index is 2.57. The molecule has 1 amide bonds. The van der Waals surface area contributed by atoms with Crippen LogP contribution in [0.5, 0.6) is 5.88 Å². The van der Waals surface area contributed by atoms with Gasteiger partial charge < -0.3 is 15.8 Å². The largest absolute Gasteiger partial charge is 0.481 e. The monoisotopic (exact) mass is 254 g/mol. The Morgan fingerprint density at radius 3 is 2.67 bits per heavy atom. The Morgan fingerprint density at radius 2 is 2.22 bits per heavy atom. The van der Waals surface area contributed by atoms with Gasteiger partial charge in [-0.15, -0.1) is 0 Å². The molecule has 102 valence electrons. The first kappa shape index (κ1) is 14.5. The molecule has 1 aromatic rings. The van der Waals surface area contributed by atoms with Crippen molar-refractivity contribution in [3.63, 3.8) is 0 Å². The van der Waals surface area contributed by atoms with E-state index in [4.69, 9.17) is 10.5 Å². The zero-order chi connectivity index (χ0) is 13.9. The number of nitrogens with one attached hydrogen (secondary N) is 1. The molecule has 0 unspecified atom stereocenters. The van der Waals surface area contributed by atoms with E-state index in [0.29, 0.717) is 12.4 Å². The molecule has 18 heavy (non-hydrogen) atoms. The predicted molar refractivity (Wildman–Crippen MR) is 69.0 cm³/mol. The number of rotatable bonds is 4. The molecular formula is C12H22N4O2. The summed E-state index contributed by atoms with van der Waals surface area (Å²) in [5, 5.41) is 6.99. The van der Waals surface area contributed by atoms with E-state index in [1.165, 1.54) is 0 Å². The third-order valence-electron chi connectivity index (χ3n) is 2.76. The lowest BCUT2D eigenvalue weighted by atomic mass is 9.87. The average Bonchev–Trinajstić information content (AvgIpc) is 2.64. The molecule has 6 heteroatoms. The molecule has 3 N–H and O–H groups in total. The van der Waals surface area contributed by atoms with E-state index in [1.54, 1.807) is 24.9 Å². The van der Waals surface area contributed by atoms with Gasteiger partial charge in [-0.2, -0.15) is 5.10 Å². The van der Waals surface area contributed by atoms with Crippen molar-refractivity contribution < 1.29 is 9.53 Å². The highest BCUT2D eigenvalue weighted by Crippen LogP contribution is 2.17. The van der Waals surface area contributed by atoms with Crippen molar-refractivity contribution in [3.8, 4) is 5.88 Å². The van der Waals surface area contributed by atoms with Crippen LogP contribution in [-0.4, -0.2) is 28.8 Å². The Bertz CT molecular complexity index is 420. The number of aryl methyl sites for hydroxylation is 1. The first-order valence-electron chi connectivity index (χ1n) is 5.86. The van der Waals surface area contributed by atoms with Crippen LogP contribution in [0.15, 0.2) is 6.07 Å². The second-order valence-corrected chi connectivity index (χ2v) is 5.36. The van der Waals surface area contributed by atoms with Crippen molar-refractivity contribution in [1.82, 2.24) is 15.1 Å². The molecule has 6 nitrogen and oxygen atoms in total. The van der Waals surface area contributed by atoms with Gasteiger partial charge in [-0.3, -0.25) is 4.79 Å². The summed E-state index contributed by atoms with van der Waals surface area (Å²) in [6.07, 6.45) is 0. The zero-order valence-electron chi connectivity index (χ0n) is 11.7. The van der Waals surface area contributed by atoms with Crippen molar-refractivity contribution in [1.29, 1.82) is 0 Å². The van der Waals surface area contributed by atoms with Gasteiger partial charge in [0, 0.05) is 13.1 Å². The van der Waals surface area contributed by atoms with Crippen LogP contribution >= 0.6 is 0 Å². The van der Waals surface area contributed by atoms with Gasteiger partial charge in [-0.25, -0.2) is 4.68 Å². The molecule has 1 rings (SSSR count). The van der Waals surface area contributed by atoms with Gasteiger partial charge >= 0.3 is 0 Å². The number of carbonyl (C=O) groups excluding carboxylic acids is 1. The summed E-state index contributed by atoms with van der Waals surface area (Å²) in [6, 6.07) is 1.24. The lowest BCUT2D eigenvalue weighted by Crippen LogP contribution is -2.48. The summed E-state index contributed by atoms with van der Waals surface area (Å²) in [7, 11) is 3.36. The highest BCUT2D eigenvalue weighted by molar-refractivity contribution is 5.82. The standard InChI is InChI=1S/C12H22N4O2/c1-12(2,3)10(13)11(17)14-7-8-6-9(18-5)16(4)15-8/h6,10H,7,13H2,1-5H3,(H,14,17)/t10-/m1/s1. The van der Waals surface area contributed by atoms with Crippen molar-refractivity contribution in [3.05, 3.63) is 11.8 Å². The summed E-state index contributed by atoms with van der Waals surface area (Å²) in [4.78, 5) is 11.8. The molecule has 0 fully saturated rings. The predicted octanol–water partition coefficient (Wildman–Crippen LogP) is 0.418. The Kier molecular flexibility index (Phi) is 4.34. The molecule has 1 atom stereocenters. The lowest BCUT2D eigenvalue weighted by Gasteiger charge is -2.25. The Labute approximate surface area is 107 Å². The highest BCUT2D eigenvalue weighted by Gasteiger charge is 2.27. The molecule has 0 bridgehead atoms. The summed E-state index contributed by atoms with van der Waals surface area (Å²) in [5.74, 6) is 0.478. The summed E-state index contributed by atoms with van der Waals surface area (Å²) in [6.45, 7) is 6.14. The van der Waals surface area contributed by atoms with Crippen LogP contribution in [0, 0.1) is 5.41 Å². The Morgan fingerprint density at radius 1 is 1.61 bits per heavy atom. The number of hydrogen-bond acceptors (Lipinski definition) is 4. The SMILES string of the molecule is COc1cc(CNC(=O)[C@@H](N)C(C)(C)C)nn1C.